The first kappa shape index (κ1) is 20.9. The van der Waals surface area contributed by atoms with Crippen LogP contribution >= 0.6 is 0 Å². The van der Waals surface area contributed by atoms with E-state index < -0.39 is 6.09 Å². The van der Waals surface area contributed by atoms with Crippen molar-refractivity contribution in [2.24, 2.45) is 0 Å². The molecule has 0 radical (unpaired) electrons. The minimum absolute atomic E-state index is 0.278. The number of aromatic nitrogens is 2. The van der Waals surface area contributed by atoms with Crippen molar-refractivity contribution in [3.63, 3.8) is 0 Å². The number of hydrogen-bond donors (Lipinski definition) is 1. The predicted molar refractivity (Wildman–Crippen MR) is 124 cm³/mol. The number of carbonyl (C=O) groups is 2. The summed E-state index contributed by atoms with van der Waals surface area (Å²) in [6.45, 7) is 0. The maximum atomic E-state index is 13.2. The number of carbonyl (C=O) groups excluding carboxylic acids is 2. The fourth-order valence-corrected chi connectivity index (χ4v) is 3.27. The highest BCUT2D eigenvalue weighted by atomic mass is 16.5. The first-order chi connectivity index (χ1) is 15.6. The van der Waals surface area contributed by atoms with E-state index in [0.717, 1.165) is 11.3 Å². The number of rotatable bonds is 5. The summed E-state index contributed by atoms with van der Waals surface area (Å²) in [7, 11) is 2.94. The molecule has 3 aromatic carbocycles. The second kappa shape index (κ2) is 9.18. The molecule has 0 aliphatic rings. The first-order valence-corrected chi connectivity index (χ1v) is 10.0. The summed E-state index contributed by atoms with van der Waals surface area (Å²) in [6, 6.07) is 26.2. The van der Waals surface area contributed by atoms with Crippen LogP contribution in [0.2, 0.25) is 0 Å². The van der Waals surface area contributed by atoms with E-state index in [-0.39, 0.29) is 5.91 Å². The summed E-state index contributed by atoms with van der Waals surface area (Å²) in [5, 5.41) is 7.59. The highest BCUT2D eigenvalue weighted by Crippen LogP contribution is 2.25. The number of benzene rings is 3. The zero-order chi connectivity index (χ0) is 22.5. The largest absolute Gasteiger partial charge is 0.452 e. The summed E-state index contributed by atoms with van der Waals surface area (Å²) in [4.78, 5) is 26.2. The Hall–Kier alpha value is -4.39. The van der Waals surface area contributed by atoms with Gasteiger partial charge in [-0.25, -0.2) is 9.48 Å². The Morgan fingerprint density at radius 1 is 0.906 bits per heavy atom. The van der Waals surface area contributed by atoms with Crippen LogP contribution in [0, 0.1) is 0 Å². The van der Waals surface area contributed by atoms with E-state index in [1.54, 1.807) is 42.2 Å². The molecule has 0 bridgehead atoms. The third-order valence-corrected chi connectivity index (χ3v) is 4.99. The van der Waals surface area contributed by atoms with Crippen LogP contribution < -0.4 is 10.2 Å². The Kier molecular flexibility index (Phi) is 5.98. The van der Waals surface area contributed by atoms with E-state index in [1.165, 1.54) is 12.0 Å². The van der Waals surface area contributed by atoms with Gasteiger partial charge in [0.1, 0.15) is 5.69 Å². The van der Waals surface area contributed by atoms with Crippen molar-refractivity contribution in [3.8, 4) is 16.9 Å². The molecule has 1 heterocycles. The van der Waals surface area contributed by atoms with E-state index in [2.05, 4.69) is 10.4 Å². The number of amides is 2. The molecule has 4 aromatic rings. The summed E-state index contributed by atoms with van der Waals surface area (Å²) in [5.74, 6) is -0.278. The van der Waals surface area contributed by atoms with Crippen molar-refractivity contribution >= 4 is 23.4 Å². The number of para-hydroxylation sites is 1. The molecule has 0 atom stereocenters. The fourth-order valence-electron chi connectivity index (χ4n) is 3.27. The minimum atomic E-state index is -0.470. The molecule has 1 N–H and O–H groups in total. The van der Waals surface area contributed by atoms with Gasteiger partial charge in [0.15, 0.2) is 0 Å². The molecule has 0 saturated carbocycles. The molecule has 7 heteroatoms. The topological polar surface area (TPSA) is 76.5 Å². The van der Waals surface area contributed by atoms with Crippen LogP contribution in [0.3, 0.4) is 0 Å². The number of nitrogens with zero attached hydrogens (tertiary/aromatic N) is 3. The van der Waals surface area contributed by atoms with Crippen molar-refractivity contribution < 1.29 is 14.3 Å². The van der Waals surface area contributed by atoms with Crippen molar-refractivity contribution in [1.82, 2.24) is 9.78 Å². The van der Waals surface area contributed by atoms with Crippen molar-refractivity contribution in [1.29, 1.82) is 0 Å². The number of nitrogens with one attached hydrogen (secondary N) is 1. The second-order valence-electron chi connectivity index (χ2n) is 7.07. The lowest BCUT2D eigenvalue weighted by molar-refractivity contribution is 0.102. The lowest BCUT2D eigenvalue weighted by Crippen LogP contribution is -2.25. The normalized spacial score (nSPS) is 10.4. The maximum absolute atomic E-state index is 13.2. The average Bonchev–Trinajstić information content (AvgIpc) is 3.30. The Bertz CT molecular complexity index is 1220. The van der Waals surface area contributed by atoms with Crippen molar-refractivity contribution in [3.05, 3.63) is 96.7 Å². The fraction of sp³-hybridized carbons (Fsp3) is 0.0800. The number of methoxy groups -OCH3 is 1. The molecule has 4 rings (SSSR count). The summed E-state index contributed by atoms with van der Waals surface area (Å²) >= 11 is 0. The van der Waals surface area contributed by atoms with Gasteiger partial charge in [-0.3, -0.25) is 9.69 Å². The van der Waals surface area contributed by atoms with E-state index in [0.29, 0.717) is 22.6 Å². The van der Waals surface area contributed by atoms with Gasteiger partial charge < -0.3 is 10.1 Å². The summed E-state index contributed by atoms with van der Waals surface area (Å²) < 4.78 is 6.42. The highest BCUT2D eigenvalue weighted by Gasteiger charge is 2.19. The molecule has 0 fully saturated rings. The molecule has 0 aliphatic carbocycles. The Labute approximate surface area is 185 Å². The van der Waals surface area contributed by atoms with E-state index in [9.17, 15) is 9.59 Å². The molecule has 7 nitrogen and oxygen atoms in total. The maximum Gasteiger partial charge on any atom is 0.413 e. The quantitative estimate of drug-likeness (QED) is 0.488. The van der Waals surface area contributed by atoms with Gasteiger partial charge in [-0.2, -0.15) is 5.10 Å². The third kappa shape index (κ3) is 4.37. The second-order valence-corrected chi connectivity index (χ2v) is 7.07. The SMILES string of the molecule is COC(=O)N(C)c1ccc(NC(=O)c2cn(-c3ccccc3)nc2-c2ccccc2)cc1. The lowest BCUT2D eigenvalue weighted by Gasteiger charge is -2.16. The van der Waals surface area contributed by atoms with Gasteiger partial charge in [-0.1, -0.05) is 48.5 Å². The zero-order valence-corrected chi connectivity index (χ0v) is 17.7. The number of anilines is 2. The number of hydrogen-bond acceptors (Lipinski definition) is 4. The van der Waals surface area contributed by atoms with Gasteiger partial charge in [0.25, 0.3) is 5.91 Å². The molecule has 0 spiro atoms. The van der Waals surface area contributed by atoms with Crippen LogP contribution in [0.1, 0.15) is 10.4 Å². The van der Waals surface area contributed by atoms with Crippen LogP contribution in [0.5, 0.6) is 0 Å². The van der Waals surface area contributed by atoms with Crippen molar-refractivity contribution in [2.75, 3.05) is 24.4 Å². The Morgan fingerprint density at radius 3 is 2.16 bits per heavy atom. The monoisotopic (exact) mass is 426 g/mol. The van der Waals surface area contributed by atoms with Crippen LogP contribution in [-0.4, -0.2) is 35.9 Å². The number of ether oxygens (including phenoxy) is 1. The smallest absolute Gasteiger partial charge is 0.413 e. The summed E-state index contributed by atoms with van der Waals surface area (Å²) in [6.07, 6.45) is 1.26. The zero-order valence-electron chi connectivity index (χ0n) is 17.7. The van der Waals surface area contributed by atoms with Gasteiger partial charge in [0.2, 0.25) is 0 Å². The van der Waals surface area contributed by atoms with Crippen LogP contribution in [-0.2, 0) is 4.74 Å². The molecule has 32 heavy (non-hydrogen) atoms. The molecule has 0 saturated heterocycles. The standard InChI is InChI=1S/C25H22N4O3/c1-28(25(31)32-2)20-15-13-19(14-16-20)26-24(30)22-17-29(21-11-7-4-8-12-21)27-23(22)18-9-5-3-6-10-18/h3-17H,1-2H3,(H,26,30). The first-order valence-electron chi connectivity index (χ1n) is 10.0. The molecular weight excluding hydrogens is 404 g/mol. The van der Waals surface area contributed by atoms with Gasteiger partial charge in [-0.15, -0.1) is 0 Å². The predicted octanol–water partition coefficient (Wildman–Crippen LogP) is 4.99. The van der Waals surface area contributed by atoms with Gasteiger partial charge in [0.05, 0.1) is 18.4 Å². The molecule has 1 aromatic heterocycles. The highest BCUT2D eigenvalue weighted by molar-refractivity contribution is 6.08. The summed E-state index contributed by atoms with van der Waals surface area (Å²) in [5.41, 5.74) is 4.01. The Morgan fingerprint density at radius 2 is 1.53 bits per heavy atom. The van der Waals surface area contributed by atoms with E-state index in [1.807, 2.05) is 60.7 Å². The van der Waals surface area contributed by atoms with E-state index in [4.69, 9.17) is 4.74 Å². The minimum Gasteiger partial charge on any atom is -0.452 e. The van der Waals surface area contributed by atoms with Gasteiger partial charge in [-0.05, 0) is 36.4 Å². The molecule has 0 unspecified atom stereocenters. The Balaban J connectivity index is 1.63. The van der Waals surface area contributed by atoms with Crippen LogP contribution in [0.15, 0.2) is 91.1 Å². The molecule has 160 valence electrons. The van der Waals surface area contributed by atoms with Crippen LogP contribution in [0.4, 0.5) is 16.2 Å². The molecular formula is C25H22N4O3. The average molecular weight is 426 g/mol. The molecule has 2 amide bonds. The van der Waals surface area contributed by atoms with Gasteiger partial charge >= 0.3 is 6.09 Å². The van der Waals surface area contributed by atoms with Crippen molar-refractivity contribution in [2.45, 2.75) is 0 Å². The third-order valence-electron chi connectivity index (χ3n) is 4.99. The van der Waals surface area contributed by atoms with E-state index >= 15 is 0 Å². The lowest BCUT2D eigenvalue weighted by atomic mass is 10.1. The van der Waals surface area contributed by atoms with Crippen LogP contribution in [0.25, 0.3) is 16.9 Å². The molecule has 0 aliphatic heterocycles. The van der Waals surface area contributed by atoms with Gasteiger partial charge in [0, 0.05) is 30.2 Å².